The van der Waals surface area contributed by atoms with Crippen molar-refractivity contribution in [1.82, 2.24) is 0 Å². The van der Waals surface area contributed by atoms with Gasteiger partial charge in [0.1, 0.15) is 5.82 Å². The molecule has 0 aliphatic heterocycles. The van der Waals surface area contributed by atoms with Crippen LogP contribution < -0.4 is 11.1 Å². The maximum atomic E-state index is 13.5. The Labute approximate surface area is 115 Å². The second-order valence-electron chi connectivity index (χ2n) is 5.32. The molecular formula is C13H18BrFN2O. The number of nitrogens with two attached hydrogens (primary N) is 1. The highest BCUT2D eigenvalue weighted by Crippen LogP contribution is 2.26. The zero-order valence-electron chi connectivity index (χ0n) is 10.8. The zero-order chi connectivity index (χ0) is 13.9. The van der Waals surface area contributed by atoms with Gasteiger partial charge < -0.3 is 11.1 Å². The molecule has 1 rings (SSSR count). The molecule has 0 bridgehead atoms. The Morgan fingerprint density at radius 1 is 1.50 bits per heavy atom. The third kappa shape index (κ3) is 4.07. The van der Waals surface area contributed by atoms with Gasteiger partial charge in [-0.2, -0.15) is 0 Å². The van der Waals surface area contributed by atoms with Crippen LogP contribution in [0, 0.1) is 11.2 Å². The maximum absolute atomic E-state index is 13.5. The molecule has 0 fully saturated rings. The molecule has 0 aromatic heterocycles. The Balaban J connectivity index is 2.72. The van der Waals surface area contributed by atoms with Gasteiger partial charge in [-0.1, -0.05) is 26.8 Å². The first-order valence-electron chi connectivity index (χ1n) is 5.71. The molecule has 0 saturated carbocycles. The van der Waals surface area contributed by atoms with Crippen LogP contribution in [0.2, 0.25) is 0 Å². The Bertz CT molecular complexity index is 423. The molecule has 5 heteroatoms. The molecule has 1 amide bonds. The van der Waals surface area contributed by atoms with Gasteiger partial charge >= 0.3 is 0 Å². The van der Waals surface area contributed by atoms with Crippen molar-refractivity contribution in [2.45, 2.75) is 33.2 Å². The van der Waals surface area contributed by atoms with Crippen molar-refractivity contribution in [3.05, 3.63) is 28.5 Å². The minimum absolute atomic E-state index is 0.156. The topological polar surface area (TPSA) is 55.1 Å². The molecule has 0 spiro atoms. The summed E-state index contributed by atoms with van der Waals surface area (Å²) in [5.74, 6) is -0.759. The van der Waals surface area contributed by atoms with Crippen LogP contribution in [-0.2, 0) is 4.79 Å². The number of carbonyl (C=O) groups is 1. The lowest BCUT2D eigenvalue weighted by atomic mass is 9.85. The van der Waals surface area contributed by atoms with Crippen molar-refractivity contribution in [2.24, 2.45) is 11.1 Å². The van der Waals surface area contributed by atoms with Crippen LogP contribution in [0.25, 0.3) is 0 Å². The van der Waals surface area contributed by atoms with Gasteiger partial charge in [0, 0.05) is 16.9 Å². The van der Waals surface area contributed by atoms with Crippen LogP contribution in [0.5, 0.6) is 0 Å². The van der Waals surface area contributed by atoms with E-state index < -0.39 is 5.82 Å². The molecule has 100 valence electrons. The minimum atomic E-state index is -0.470. The quantitative estimate of drug-likeness (QED) is 0.899. The van der Waals surface area contributed by atoms with Crippen molar-refractivity contribution in [1.29, 1.82) is 0 Å². The lowest BCUT2D eigenvalue weighted by Gasteiger charge is -2.26. The van der Waals surface area contributed by atoms with Crippen LogP contribution >= 0.6 is 15.9 Å². The largest absolute Gasteiger partial charge is 0.327 e. The van der Waals surface area contributed by atoms with E-state index in [-0.39, 0.29) is 29.5 Å². The Morgan fingerprint density at radius 2 is 2.11 bits per heavy atom. The fourth-order valence-corrected chi connectivity index (χ4v) is 1.75. The molecule has 1 aromatic carbocycles. The summed E-state index contributed by atoms with van der Waals surface area (Å²) in [5, 5.41) is 2.54. The molecular weight excluding hydrogens is 299 g/mol. The smallest absolute Gasteiger partial charge is 0.226 e. The van der Waals surface area contributed by atoms with Crippen molar-refractivity contribution >= 4 is 27.5 Å². The Kier molecular flexibility index (Phi) is 4.87. The zero-order valence-corrected chi connectivity index (χ0v) is 12.3. The predicted octanol–water partition coefficient (Wildman–Crippen LogP) is 3.29. The summed E-state index contributed by atoms with van der Waals surface area (Å²) in [4.78, 5) is 11.8. The van der Waals surface area contributed by atoms with E-state index in [4.69, 9.17) is 5.73 Å². The normalized spacial score (nSPS) is 13.2. The van der Waals surface area contributed by atoms with Crippen LogP contribution in [0.4, 0.5) is 10.1 Å². The summed E-state index contributed by atoms with van der Waals surface area (Å²) in [6, 6.07) is 4.26. The van der Waals surface area contributed by atoms with E-state index in [1.54, 1.807) is 12.1 Å². The number of rotatable bonds is 3. The van der Waals surface area contributed by atoms with E-state index in [0.717, 1.165) is 0 Å². The number of para-hydroxylation sites is 1. The van der Waals surface area contributed by atoms with Crippen molar-refractivity contribution in [3.63, 3.8) is 0 Å². The van der Waals surface area contributed by atoms with Crippen LogP contribution in [0.15, 0.2) is 22.7 Å². The molecule has 3 nitrogen and oxygen atoms in total. The fourth-order valence-electron chi connectivity index (χ4n) is 1.31. The summed E-state index contributed by atoms with van der Waals surface area (Å²) in [7, 11) is 0. The standard InChI is InChI=1S/C13H18BrFN2O/c1-13(2,3)10(16)7-11(18)17-12-8(14)5-4-6-9(12)15/h4-6,10H,7,16H2,1-3H3,(H,17,18). The highest BCUT2D eigenvalue weighted by Gasteiger charge is 2.23. The number of carbonyl (C=O) groups excluding carboxylic acids is 1. The van der Waals surface area contributed by atoms with Crippen molar-refractivity contribution in [3.8, 4) is 0 Å². The Morgan fingerprint density at radius 3 is 2.61 bits per heavy atom. The van der Waals surface area contributed by atoms with Crippen LogP contribution in [-0.4, -0.2) is 11.9 Å². The number of amides is 1. The number of halogens is 2. The van der Waals surface area contributed by atoms with E-state index >= 15 is 0 Å². The highest BCUT2D eigenvalue weighted by molar-refractivity contribution is 9.10. The van der Waals surface area contributed by atoms with Crippen molar-refractivity contribution < 1.29 is 9.18 Å². The van der Waals surface area contributed by atoms with E-state index in [9.17, 15) is 9.18 Å². The lowest BCUT2D eigenvalue weighted by Crippen LogP contribution is -2.38. The number of nitrogens with one attached hydrogen (secondary N) is 1. The number of hydrogen-bond acceptors (Lipinski definition) is 2. The molecule has 1 atom stereocenters. The van der Waals surface area contributed by atoms with E-state index in [0.29, 0.717) is 4.47 Å². The number of hydrogen-bond donors (Lipinski definition) is 2. The highest BCUT2D eigenvalue weighted by atomic mass is 79.9. The van der Waals surface area contributed by atoms with E-state index in [1.807, 2.05) is 20.8 Å². The first-order valence-corrected chi connectivity index (χ1v) is 6.50. The third-order valence-corrected chi connectivity index (χ3v) is 3.41. The summed E-state index contributed by atoms with van der Waals surface area (Å²) in [5.41, 5.74) is 5.91. The Hall–Kier alpha value is -0.940. The fraction of sp³-hybridized carbons (Fsp3) is 0.462. The summed E-state index contributed by atoms with van der Waals surface area (Å²) in [6.07, 6.45) is 0.157. The molecule has 0 saturated heterocycles. The van der Waals surface area contributed by atoms with Crippen LogP contribution in [0.3, 0.4) is 0 Å². The van der Waals surface area contributed by atoms with Gasteiger partial charge in [0.05, 0.1) is 5.69 Å². The first kappa shape index (κ1) is 15.1. The van der Waals surface area contributed by atoms with Gasteiger partial charge in [0.15, 0.2) is 0 Å². The molecule has 1 unspecified atom stereocenters. The average Bonchev–Trinajstić information content (AvgIpc) is 2.22. The molecule has 18 heavy (non-hydrogen) atoms. The van der Waals surface area contributed by atoms with Gasteiger partial charge in [-0.15, -0.1) is 0 Å². The summed E-state index contributed by atoms with van der Waals surface area (Å²) < 4.78 is 14.0. The third-order valence-electron chi connectivity index (χ3n) is 2.74. The summed E-state index contributed by atoms with van der Waals surface area (Å²) in [6.45, 7) is 5.89. The first-order chi connectivity index (χ1) is 8.21. The van der Waals surface area contributed by atoms with Crippen LogP contribution in [0.1, 0.15) is 27.2 Å². The summed E-state index contributed by atoms with van der Waals surface area (Å²) >= 11 is 3.20. The molecule has 1 aromatic rings. The SMILES string of the molecule is CC(C)(C)C(N)CC(=O)Nc1c(F)cccc1Br. The molecule has 0 heterocycles. The lowest BCUT2D eigenvalue weighted by molar-refractivity contribution is -0.117. The molecule has 0 aliphatic rings. The van der Waals surface area contributed by atoms with Gasteiger partial charge in [-0.3, -0.25) is 4.79 Å². The van der Waals surface area contributed by atoms with Gasteiger partial charge in [0.2, 0.25) is 5.91 Å². The number of anilines is 1. The predicted molar refractivity (Wildman–Crippen MR) is 74.8 cm³/mol. The van der Waals surface area contributed by atoms with Gasteiger partial charge in [0.25, 0.3) is 0 Å². The monoisotopic (exact) mass is 316 g/mol. The second kappa shape index (κ2) is 5.80. The molecule has 0 aliphatic carbocycles. The van der Waals surface area contributed by atoms with Crippen molar-refractivity contribution in [2.75, 3.05) is 5.32 Å². The maximum Gasteiger partial charge on any atom is 0.226 e. The second-order valence-corrected chi connectivity index (χ2v) is 6.18. The van der Waals surface area contributed by atoms with E-state index in [2.05, 4.69) is 21.2 Å². The van der Waals surface area contributed by atoms with Gasteiger partial charge in [-0.25, -0.2) is 4.39 Å². The minimum Gasteiger partial charge on any atom is -0.327 e. The number of benzene rings is 1. The average molecular weight is 317 g/mol. The molecule has 3 N–H and O–H groups in total. The van der Waals surface area contributed by atoms with E-state index in [1.165, 1.54) is 6.07 Å². The van der Waals surface area contributed by atoms with Gasteiger partial charge in [-0.05, 0) is 33.5 Å². The molecule has 0 radical (unpaired) electrons.